The van der Waals surface area contributed by atoms with Crippen molar-refractivity contribution in [3.63, 3.8) is 0 Å². The Morgan fingerprint density at radius 3 is 2.72 bits per heavy atom. The van der Waals surface area contributed by atoms with Crippen molar-refractivity contribution < 1.29 is 17.9 Å². The molecule has 11 heteroatoms. The standard InChI is InChI=1S/C18H25ClN4O4S2/c1-27-13-18-12-22(29(25,26)9-4-14-2-3-15(19)28-14)10-16(24)23(18)11-17(21-18)5-7-20-8-6-17/h2-4,9,20-21H,5-8,10-13H2,1H3/b9-4+. The van der Waals surface area contributed by atoms with Gasteiger partial charge < -0.3 is 15.0 Å². The third-order valence-electron chi connectivity index (χ3n) is 5.83. The summed E-state index contributed by atoms with van der Waals surface area (Å²) in [7, 11) is -2.21. The number of carbonyl (C=O) groups is 1. The minimum absolute atomic E-state index is 0.152. The fourth-order valence-corrected chi connectivity index (χ4v) is 6.74. The largest absolute Gasteiger partial charge is 0.381 e. The zero-order chi connectivity index (χ0) is 20.7. The molecule has 1 unspecified atom stereocenters. The molecule has 1 amide bonds. The molecule has 0 bridgehead atoms. The molecular weight excluding hydrogens is 436 g/mol. The molecule has 2 N–H and O–H groups in total. The number of fused-ring (bicyclic) bond motifs is 1. The number of piperazine rings is 1. The van der Waals surface area contributed by atoms with E-state index in [0.29, 0.717) is 10.9 Å². The molecule has 1 aromatic heterocycles. The second kappa shape index (κ2) is 7.92. The molecule has 160 valence electrons. The van der Waals surface area contributed by atoms with Crippen LogP contribution in [-0.2, 0) is 19.6 Å². The first kappa shape index (κ1) is 21.2. The van der Waals surface area contributed by atoms with Gasteiger partial charge >= 0.3 is 0 Å². The van der Waals surface area contributed by atoms with Crippen molar-refractivity contribution in [2.75, 3.05) is 46.4 Å². The number of methoxy groups -OCH3 is 1. The van der Waals surface area contributed by atoms with Gasteiger partial charge in [0.1, 0.15) is 5.66 Å². The van der Waals surface area contributed by atoms with E-state index in [2.05, 4.69) is 10.6 Å². The maximum Gasteiger partial charge on any atom is 0.239 e. The lowest BCUT2D eigenvalue weighted by Crippen LogP contribution is -2.69. The van der Waals surface area contributed by atoms with E-state index in [1.165, 1.54) is 21.7 Å². The van der Waals surface area contributed by atoms with Crippen molar-refractivity contribution in [1.82, 2.24) is 19.8 Å². The lowest BCUT2D eigenvalue weighted by molar-refractivity contribution is -0.144. The van der Waals surface area contributed by atoms with Gasteiger partial charge in [0.25, 0.3) is 0 Å². The van der Waals surface area contributed by atoms with Gasteiger partial charge in [0.15, 0.2) is 0 Å². The summed E-state index contributed by atoms with van der Waals surface area (Å²) in [4.78, 5) is 15.5. The number of halogens is 1. The van der Waals surface area contributed by atoms with Crippen molar-refractivity contribution in [3.05, 3.63) is 26.8 Å². The number of hydrogen-bond donors (Lipinski definition) is 2. The third-order valence-corrected chi connectivity index (χ3v) is 8.48. The second-order valence-corrected chi connectivity index (χ2v) is 11.4. The number of nitrogens with one attached hydrogen (secondary N) is 2. The highest BCUT2D eigenvalue weighted by atomic mass is 35.5. The molecular formula is C18H25ClN4O4S2. The molecule has 3 fully saturated rings. The Morgan fingerprint density at radius 2 is 2.07 bits per heavy atom. The lowest BCUT2D eigenvalue weighted by Gasteiger charge is -2.45. The van der Waals surface area contributed by atoms with E-state index in [4.69, 9.17) is 16.3 Å². The molecule has 29 heavy (non-hydrogen) atoms. The number of thiophene rings is 1. The van der Waals surface area contributed by atoms with E-state index in [0.717, 1.165) is 36.2 Å². The van der Waals surface area contributed by atoms with Crippen LogP contribution in [0.1, 0.15) is 17.7 Å². The summed E-state index contributed by atoms with van der Waals surface area (Å²) in [5.41, 5.74) is -1.06. The molecule has 1 atom stereocenters. The summed E-state index contributed by atoms with van der Waals surface area (Å²) in [5.74, 6) is -0.202. The van der Waals surface area contributed by atoms with Gasteiger partial charge in [-0.25, -0.2) is 8.42 Å². The quantitative estimate of drug-likeness (QED) is 0.678. The van der Waals surface area contributed by atoms with Gasteiger partial charge in [0.2, 0.25) is 15.9 Å². The number of carbonyl (C=O) groups excluding carboxylic acids is 1. The molecule has 3 aliphatic heterocycles. The molecule has 3 saturated heterocycles. The average molecular weight is 461 g/mol. The molecule has 1 aromatic rings. The van der Waals surface area contributed by atoms with Crippen LogP contribution in [0.5, 0.6) is 0 Å². The molecule has 4 heterocycles. The summed E-state index contributed by atoms with van der Waals surface area (Å²) in [6.07, 6.45) is 3.28. The summed E-state index contributed by atoms with van der Waals surface area (Å²) in [6, 6.07) is 3.48. The maximum atomic E-state index is 13.0. The number of nitrogens with zero attached hydrogens (tertiary/aromatic N) is 2. The Balaban J connectivity index is 1.59. The van der Waals surface area contributed by atoms with E-state index < -0.39 is 15.7 Å². The van der Waals surface area contributed by atoms with Crippen LogP contribution in [0.2, 0.25) is 4.34 Å². The van der Waals surface area contributed by atoms with Crippen LogP contribution in [0.15, 0.2) is 17.5 Å². The van der Waals surface area contributed by atoms with Crippen molar-refractivity contribution in [3.8, 4) is 0 Å². The van der Waals surface area contributed by atoms with Gasteiger partial charge in [-0.1, -0.05) is 11.6 Å². The lowest BCUT2D eigenvalue weighted by atomic mass is 9.89. The highest BCUT2D eigenvalue weighted by Crippen LogP contribution is 2.37. The molecule has 0 aromatic carbocycles. The normalized spacial score (nSPS) is 27.8. The molecule has 0 saturated carbocycles. The van der Waals surface area contributed by atoms with E-state index in [1.54, 1.807) is 24.1 Å². The van der Waals surface area contributed by atoms with Gasteiger partial charge in [0, 0.05) is 29.5 Å². The Morgan fingerprint density at radius 1 is 1.31 bits per heavy atom. The summed E-state index contributed by atoms with van der Waals surface area (Å²) in [6.45, 7) is 2.52. The van der Waals surface area contributed by atoms with Crippen LogP contribution in [0.25, 0.3) is 6.08 Å². The van der Waals surface area contributed by atoms with Gasteiger partial charge in [-0.2, -0.15) is 4.31 Å². The molecule has 0 aliphatic carbocycles. The van der Waals surface area contributed by atoms with Crippen LogP contribution in [-0.4, -0.2) is 81.2 Å². The smallest absolute Gasteiger partial charge is 0.239 e. The Kier molecular flexibility index (Phi) is 5.80. The predicted molar refractivity (Wildman–Crippen MR) is 113 cm³/mol. The van der Waals surface area contributed by atoms with Crippen LogP contribution < -0.4 is 10.6 Å². The Bertz CT molecular complexity index is 913. The zero-order valence-electron chi connectivity index (χ0n) is 16.2. The topological polar surface area (TPSA) is 91.0 Å². The minimum Gasteiger partial charge on any atom is -0.381 e. The SMILES string of the molecule is COCC12CN(S(=O)(=O)/C=C/c3ccc(Cl)s3)CC(=O)N1CC1(CCNCC1)N2. The molecule has 8 nitrogen and oxygen atoms in total. The van der Waals surface area contributed by atoms with Crippen molar-refractivity contribution in [1.29, 1.82) is 0 Å². The molecule has 1 spiro atoms. The monoisotopic (exact) mass is 460 g/mol. The zero-order valence-corrected chi connectivity index (χ0v) is 18.6. The molecule has 4 rings (SSSR count). The highest BCUT2D eigenvalue weighted by Gasteiger charge is 2.58. The van der Waals surface area contributed by atoms with Crippen molar-refractivity contribution in [2.24, 2.45) is 0 Å². The molecule has 3 aliphatic rings. The van der Waals surface area contributed by atoms with Gasteiger partial charge in [-0.3, -0.25) is 10.1 Å². The highest BCUT2D eigenvalue weighted by molar-refractivity contribution is 7.92. The van der Waals surface area contributed by atoms with Gasteiger partial charge in [0.05, 0.1) is 24.0 Å². The van der Waals surface area contributed by atoms with E-state index >= 15 is 0 Å². The maximum absolute atomic E-state index is 13.0. The summed E-state index contributed by atoms with van der Waals surface area (Å²) < 4.78 is 33.2. The fourth-order valence-electron chi connectivity index (χ4n) is 4.51. The first-order valence-electron chi connectivity index (χ1n) is 9.51. The van der Waals surface area contributed by atoms with Crippen molar-refractivity contribution >= 4 is 44.9 Å². The number of rotatable bonds is 5. The number of amides is 1. The Hall–Kier alpha value is -1.01. The summed E-state index contributed by atoms with van der Waals surface area (Å²) >= 11 is 7.21. The number of hydrogen-bond acceptors (Lipinski definition) is 7. The van der Waals surface area contributed by atoms with E-state index in [1.807, 2.05) is 0 Å². The number of piperidine rings is 1. The van der Waals surface area contributed by atoms with Crippen LogP contribution in [0, 0.1) is 0 Å². The van der Waals surface area contributed by atoms with Crippen molar-refractivity contribution in [2.45, 2.75) is 24.0 Å². The Labute approximate surface area is 179 Å². The van der Waals surface area contributed by atoms with Gasteiger partial charge in [-0.15, -0.1) is 11.3 Å². The minimum atomic E-state index is -3.78. The van der Waals surface area contributed by atoms with Crippen LogP contribution >= 0.6 is 22.9 Å². The number of sulfonamides is 1. The fraction of sp³-hybridized carbons (Fsp3) is 0.611. The third kappa shape index (κ3) is 4.12. The second-order valence-electron chi connectivity index (χ2n) is 7.86. The van der Waals surface area contributed by atoms with Crippen LogP contribution in [0.4, 0.5) is 0 Å². The number of ether oxygens (including phenoxy) is 1. The first-order chi connectivity index (χ1) is 13.8. The summed E-state index contributed by atoms with van der Waals surface area (Å²) in [5, 5.41) is 8.11. The first-order valence-corrected chi connectivity index (χ1v) is 12.2. The molecule has 0 radical (unpaired) electrons. The van der Waals surface area contributed by atoms with E-state index in [9.17, 15) is 13.2 Å². The predicted octanol–water partition coefficient (Wildman–Crippen LogP) is 0.914. The van der Waals surface area contributed by atoms with E-state index in [-0.39, 0.29) is 31.1 Å². The van der Waals surface area contributed by atoms with Gasteiger partial charge in [-0.05, 0) is 44.1 Å². The average Bonchev–Trinajstić information content (AvgIpc) is 3.22. The van der Waals surface area contributed by atoms with Crippen LogP contribution in [0.3, 0.4) is 0 Å².